The minimum atomic E-state index is 0.460. The highest BCUT2D eigenvalue weighted by molar-refractivity contribution is 4.91. The first-order valence-corrected chi connectivity index (χ1v) is 6.74. The molecule has 3 nitrogen and oxygen atoms in total. The van der Waals surface area contributed by atoms with E-state index in [0.29, 0.717) is 24.2 Å². The molecule has 0 bridgehead atoms. The lowest BCUT2D eigenvalue weighted by Crippen LogP contribution is -2.60. The Morgan fingerprint density at radius 3 is 2.69 bits per heavy atom. The molecule has 0 spiro atoms. The highest BCUT2D eigenvalue weighted by atomic mass is 16.5. The van der Waals surface area contributed by atoms with E-state index in [4.69, 9.17) is 4.74 Å². The highest BCUT2D eigenvalue weighted by Gasteiger charge is 2.35. The van der Waals surface area contributed by atoms with E-state index < -0.39 is 0 Å². The van der Waals surface area contributed by atoms with Crippen molar-refractivity contribution < 1.29 is 4.74 Å². The smallest absolute Gasteiger partial charge is 0.0726 e. The molecule has 2 fully saturated rings. The Bertz CT molecular complexity index is 222. The number of nitrogens with zero attached hydrogens (tertiary/aromatic N) is 1. The zero-order valence-electron chi connectivity index (χ0n) is 10.9. The van der Waals surface area contributed by atoms with E-state index in [0.717, 1.165) is 6.54 Å². The van der Waals surface area contributed by atoms with Gasteiger partial charge in [0.2, 0.25) is 0 Å². The van der Waals surface area contributed by atoms with Gasteiger partial charge >= 0.3 is 0 Å². The number of piperazine rings is 1. The number of ether oxygens (including phenoxy) is 1. The average Bonchev–Trinajstić information content (AvgIpc) is 2.32. The van der Waals surface area contributed by atoms with E-state index >= 15 is 0 Å². The molecule has 1 aliphatic heterocycles. The monoisotopic (exact) mass is 226 g/mol. The topological polar surface area (TPSA) is 24.5 Å². The molecule has 4 atom stereocenters. The van der Waals surface area contributed by atoms with Crippen molar-refractivity contribution in [3.8, 4) is 0 Å². The van der Waals surface area contributed by atoms with Crippen LogP contribution in [0.25, 0.3) is 0 Å². The minimum absolute atomic E-state index is 0.460. The molecule has 2 aliphatic rings. The van der Waals surface area contributed by atoms with Crippen molar-refractivity contribution >= 4 is 0 Å². The normalized spacial score (nSPS) is 42.2. The molecular formula is C13H26N2O. The lowest BCUT2D eigenvalue weighted by Gasteiger charge is -2.46. The zero-order valence-corrected chi connectivity index (χ0v) is 10.9. The standard InChI is InChI=1S/C13H26N2O/c1-10-9-15(11(2)8-14-10)12-6-4-5-7-13(12)16-3/h10-14H,4-9H2,1-3H3. The van der Waals surface area contributed by atoms with Gasteiger partial charge in [-0.25, -0.2) is 0 Å². The summed E-state index contributed by atoms with van der Waals surface area (Å²) < 4.78 is 5.68. The molecule has 1 saturated heterocycles. The molecule has 1 N–H and O–H groups in total. The molecule has 0 aromatic heterocycles. The maximum Gasteiger partial charge on any atom is 0.0726 e. The molecular weight excluding hydrogens is 200 g/mol. The fourth-order valence-electron chi connectivity index (χ4n) is 3.24. The predicted molar refractivity (Wildman–Crippen MR) is 66.7 cm³/mol. The summed E-state index contributed by atoms with van der Waals surface area (Å²) in [6.07, 6.45) is 5.73. The second kappa shape index (κ2) is 5.48. The van der Waals surface area contributed by atoms with E-state index in [9.17, 15) is 0 Å². The molecule has 0 aromatic rings. The van der Waals surface area contributed by atoms with Crippen LogP contribution in [-0.2, 0) is 4.74 Å². The molecule has 2 rings (SSSR count). The first-order valence-electron chi connectivity index (χ1n) is 6.74. The van der Waals surface area contributed by atoms with Crippen LogP contribution in [0, 0.1) is 0 Å². The quantitative estimate of drug-likeness (QED) is 0.774. The number of rotatable bonds is 2. The van der Waals surface area contributed by atoms with Crippen LogP contribution in [0.1, 0.15) is 39.5 Å². The summed E-state index contributed by atoms with van der Waals surface area (Å²) in [6, 6.07) is 1.92. The van der Waals surface area contributed by atoms with E-state index in [1.54, 1.807) is 0 Å². The number of nitrogens with one attached hydrogen (secondary N) is 1. The third kappa shape index (κ3) is 2.58. The minimum Gasteiger partial charge on any atom is -0.380 e. The van der Waals surface area contributed by atoms with Gasteiger partial charge in [-0.15, -0.1) is 0 Å². The molecule has 4 unspecified atom stereocenters. The van der Waals surface area contributed by atoms with Crippen molar-refractivity contribution in [2.75, 3.05) is 20.2 Å². The lowest BCUT2D eigenvalue weighted by molar-refractivity contribution is -0.0358. The largest absolute Gasteiger partial charge is 0.380 e. The first kappa shape index (κ1) is 12.3. The van der Waals surface area contributed by atoms with Crippen LogP contribution in [0.4, 0.5) is 0 Å². The third-order valence-corrected chi connectivity index (χ3v) is 4.21. The molecule has 0 amide bonds. The summed E-state index contributed by atoms with van der Waals surface area (Å²) in [6.45, 7) is 6.91. The van der Waals surface area contributed by atoms with Crippen LogP contribution < -0.4 is 5.32 Å². The second-order valence-corrected chi connectivity index (χ2v) is 5.48. The Labute approximate surface area is 99.5 Å². The van der Waals surface area contributed by atoms with Gasteiger partial charge in [-0.3, -0.25) is 4.90 Å². The van der Waals surface area contributed by atoms with E-state index in [-0.39, 0.29) is 0 Å². The van der Waals surface area contributed by atoms with Crippen molar-refractivity contribution in [2.24, 2.45) is 0 Å². The summed E-state index contributed by atoms with van der Waals surface area (Å²) in [7, 11) is 1.87. The fourth-order valence-corrected chi connectivity index (χ4v) is 3.24. The SMILES string of the molecule is COC1CCCCC1N1CC(C)NCC1C. The molecule has 1 aliphatic carbocycles. The zero-order chi connectivity index (χ0) is 11.5. The average molecular weight is 226 g/mol. The van der Waals surface area contributed by atoms with Gasteiger partial charge in [0.1, 0.15) is 0 Å². The molecule has 1 saturated carbocycles. The van der Waals surface area contributed by atoms with Crippen molar-refractivity contribution in [2.45, 2.75) is 63.8 Å². The van der Waals surface area contributed by atoms with Crippen LogP contribution in [-0.4, -0.2) is 49.3 Å². The van der Waals surface area contributed by atoms with Gasteiger partial charge in [-0.05, 0) is 26.7 Å². The molecule has 16 heavy (non-hydrogen) atoms. The van der Waals surface area contributed by atoms with E-state index in [1.165, 1.54) is 32.2 Å². The summed E-state index contributed by atoms with van der Waals surface area (Å²) in [5, 5.41) is 3.55. The summed E-state index contributed by atoms with van der Waals surface area (Å²) >= 11 is 0. The number of hydrogen-bond donors (Lipinski definition) is 1. The predicted octanol–water partition coefficient (Wildman–Crippen LogP) is 1.63. The van der Waals surface area contributed by atoms with Crippen molar-refractivity contribution in [1.29, 1.82) is 0 Å². The Balaban J connectivity index is 2.02. The summed E-state index contributed by atoms with van der Waals surface area (Å²) in [5.41, 5.74) is 0. The van der Waals surface area contributed by atoms with Crippen molar-refractivity contribution in [3.05, 3.63) is 0 Å². The van der Waals surface area contributed by atoms with E-state index in [2.05, 4.69) is 24.1 Å². The van der Waals surface area contributed by atoms with Gasteiger partial charge in [0, 0.05) is 38.3 Å². The Hall–Kier alpha value is -0.120. The van der Waals surface area contributed by atoms with Gasteiger partial charge in [-0.1, -0.05) is 12.8 Å². The summed E-state index contributed by atoms with van der Waals surface area (Å²) in [5.74, 6) is 0. The Morgan fingerprint density at radius 2 is 1.94 bits per heavy atom. The van der Waals surface area contributed by atoms with E-state index in [1.807, 2.05) is 7.11 Å². The molecule has 0 radical (unpaired) electrons. The van der Waals surface area contributed by atoms with Crippen LogP contribution in [0.3, 0.4) is 0 Å². The lowest BCUT2D eigenvalue weighted by atomic mass is 9.89. The molecule has 94 valence electrons. The first-order chi connectivity index (χ1) is 7.72. The maximum absolute atomic E-state index is 5.68. The maximum atomic E-state index is 5.68. The Kier molecular flexibility index (Phi) is 4.22. The highest BCUT2D eigenvalue weighted by Crippen LogP contribution is 2.27. The van der Waals surface area contributed by atoms with Gasteiger partial charge < -0.3 is 10.1 Å². The van der Waals surface area contributed by atoms with Gasteiger partial charge in [0.15, 0.2) is 0 Å². The molecule has 0 aromatic carbocycles. The van der Waals surface area contributed by atoms with Crippen LogP contribution >= 0.6 is 0 Å². The van der Waals surface area contributed by atoms with Gasteiger partial charge in [-0.2, -0.15) is 0 Å². The Morgan fingerprint density at radius 1 is 1.19 bits per heavy atom. The van der Waals surface area contributed by atoms with Crippen molar-refractivity contribution in [1.82, 2.24) is 10.2 Å². The molecule has 3 heteroatoms. The molecule has 1 heterocycles. The summed E-state index contributed by atoms with van der Waals surface area (Å²) in [4.78, 5) is 2.68. The second-order valence-electron chi connectivity index (χ2n) is 5.48. The van der Waals surface area contributed by atoms with Gasteiger partial charge in [0.05, 0.1) is 6.10 Å². The van der Waals surface area contributed by atoms with Crippen LogP contribution in [0.2, 0.25) is 0 Å². The third-order valence-electron chi connectivity index (χ3n) is 4.21. The van der Waals surface area contributed by atoms with Crippen LogP contribution in [0.15, 0.2) is 0 Å². The van der Waals surface area contributed by atoms with Crippen LogP contribution in [0.5, 0.6) is 0 Å². The fraction of sp³-hybridized carbons (Fsp3) is 1.00. The van der Waals surface area contributed by atoms with Gasteiger partial charge in [0.25, 0.3) is 0 Å². The van der Waals surface area contributed by atoms with Crippen molar-refractivity contribution in [3.63, 3.8) is 0 Å². The number of methoxy groups -OCH3 is 1. The number of hydrogen-bond acceptors (Lipinski definition) is 3.